The fourth-order valence-corrected chi connectivity index (χ4v) is 1.55. The van der Waals surface area contributed by atoms with E-state index in [1.165, 1.54) is 4.68 Å². The SMILES string of the molecule is Cc1nn(CC(=O)[O-])c(C)c1CC[NH3+]. The second-order valence-corrected chi connectivity index (χ2v) is 3.28. The third-order valence-corrected chi connectivity index (χ3v) is 2.24. The summed E-state index contributed by atoms with van der Waals surface area (Å²) in [5.74, 6) is -1.11. The van der Waals surface area contributed by atoms with Crippen LogP contribution in [0.4, 0.5) is 0 Å². The van der Waals surface area contributed by atoms with E-state index >= 15 is 0 Å². The van der Waals surface area contributed by atoms with Crippen LogP contribution in [0.25, 0.3) is 0 Å². The summed E-state index contributed by atoms with van der Waals surface area (Å²) >= 11 is 0. The first-order chi connectivity index (χ1) is 6.56. The van der Waals surface area contributed by atoms with Crippen molar-refractivity contribution in [3.63, 3.8) is 0 Å². The molecule has 0 radical (unpaired) electrons. The molecule has 1 aromatic heterocycles. The van der Waals surface area contributed by atoms with Crippen LogP contribution >= 0.6 is 0 Å². The minimum absolute atomic E-state index is 0.177. The van der Waals surface area contributed by atoms with Crippen LogP contribution in [0, 0.1) is 13.8 Å². The van der Waals surface area contributed by atoms with Gasteiger partial charge in [0.25, 0.3) is 0 Å². The van der Waals surface area contributed by atoms with Gasteiger partial charge >= 0.3 is 0 Å². The molecule has 14 heavy (non-hydrogen) atoms. The third-order valence-electron chi connectivity index (χ3n) is 2.24. The zero-order valence-corrected chi connectivity index (χ0v) is 8.54. The second kappa shape index (κ2) is 4.23. The molecule has 0 bridgehead atoms. The second-order valence-electron chi connectivity index (χ2n) is 3.28. The molecule has 0 unspecified atom stereocenters. The number of aryl methyl sites for hydroxylation is 1. The van der Waals surface area contributed by atoms with Crippen molar-refractivity contribution >= 4 is 5.97 Å². The number of carbonyl (C=O) groups excluding carboxylic acids is 1. The Bertz CT molecular complexity index is 344. The predicted octanol–water partition coefficient (Wildman–Crippen LogP) is -1.97. The molecule has 0 fully saturated rings. The highest BCUT2D eigenvalue weighted by Gasteiger charge is 2.10. The van der Waals surface area contributed by atoms with Gasteiger partial charge in [-0.05, 0) is 13.8 Å². The first-order valence-corrected chi connectivity index (χ1v) is 4.58. The smallest absolute Gasteiger partial charge is 0.0807 e. The molecule has 0 aliphatic heterocycles. The van der Waals surface area contributed by atoms with E-state index in [4.69, 9.17) is 0 Å². The number of aromatic nitrogens is 2. The summed E-state index contributed by atoms with van der Waals surface area (Å²) in [7, 11) is 0. The van der Waals surface area contributed by atoms with E-state index in [0.717, 1.165) is 29.9 Å². The Balaban J connectivity index is 2.97. The van der Waals surface area contributed by atoms with E-state index in [9.17, 15) is 9.90 Å². The molecule has 0 atom stereocenters. The highest BCUT2D eigenvalue weighted by molar-refractivity contribution is 5.64. The van der Waals surface area contributed by atoms with Crippen LogP contribution in [0.15, 0.2) is 0 Å². The molecule has 0 saturated carbocycles. The molecule has 1 aromatic rings. The lowest BCUT2D eigenvalue weighted by Gasteiger charge is -2.05. The van der Waals surface area contributed by atoms with Crippen molar-refractivity contribution in [1.29, 1.82) is 0 Å². The molecule has 0 amide bonds. The number of hydrogen-bond donors (Lipinski definition) is 1. The maximum absolute atomic E-state index is 10.4. The van der Waals surface area contributed by atoms with Crippen molar-refractivity contribution in [1.82, 2.24) is 9.78 Å². The quantitative estimate of drug-likeness (QED) is 0.607. The van der Waals surface area contributed by atoms with Crippen LogP contribution in [-0.2, 0) is 17.8 Å². The molecule has 78 valence electrons. The van der Waals surface area contributed by atoms with Crippen LogP contribution in [0.5, 0.6) is 0 Å². The van der Waals surface area contributed by atoms with Gasteiger partial charge < -0.3 is 15.6 Å². The van der Waals surface area contributed by atoms with Crippen molar-refractivity contribution in [3.05, 3.63) is 17.0 Å². The van der Waals surface area contributed by atoms with E-state index in [1.54, 1.807) is 0 Å². The average Bonchev–Trinajstić information content (AvgIpc) is 2.32. The summed E-state index contributed by atoms with van der Waals surface area (Å²) in [5.41, 5.74) is 6.65. The molecular weight excluding hydrogens is 182 g/mol. The Labute approximate surface area is 82.5 Å². The molecule has 0 spiro atoms. The first kappa shape index (κ1) is 10.7. The van der Waals surface area contributed by atoms with E-state index in [1.807, 2.05) is 13.8 Å². The predicted molar refractivity (Wildman–Crippen MR) is 48.2 cm³/mol. The van der Waals surface area contributed by atoms with Crippen LogP contribution in [0.2, 0.25) is 0 Å². The number of aliphatic carboxylic acids is 1. The van der Waals surface area contributed by atoms with Gasteiger partial charge in [0.15, 0.2) is 0 Å². The molecule has 0 aliphatic carbocycles. The van der Waals surface area contributed by atoms with Gasteiger partial charge in [0.2, 0.25) is 0 Å². The van der Waals surface area contributed by atoms with Crippen LogP contribution < -0.4 is 10.8 Å². The number of carboxylic acid groups (broad SMARTS) is 1. The third kappa shape index (κ3) is 2.11. The minimum Gasteiger partial charge on any atom is -0.548 e. The summed E-state index contributed by atoms with van der Waals surface area (Å²) in [5, 5.41) is 14.6. The zero-order valence-electron chi connectivity index (χ0n) is 8.54. The molecule has 0 aromatic carbocycles. The number of nitrogens with zero attached hydrogens (tertiary/aromatic N) is 2. The van der Waals surface area contributed by atoms with E-state index in [2.05, 4.69) is 10.8 Å². The Hall–Kier alpha value is -1.36. The topological polar surface area (TPSA) is 85.6 Å². The largest absolute Gasteiger partial charge is 0.548 e. The van der Waals surface area contributed by atoms with E-state index in [-0.39, 0.29) is 6.54 Å². The summed E-state index contributed by atoms with van der Waals surface area (Å²) in [4.78, 5) is 10.4. The van der Waals surface area contributed by atoms with E-state index < -0.39 is 5.97 Å². The fraction of sp³-hybridized carbons (Fsp3) is 0.556. The number of hydrogen-bond acceptors (Lipinski definition) is 3. The molecule has 1 heterocycles. The van der Waals surface area contributed by atoms with Crippen molar-refractivity contribution in [3.8, 4) is 0 Å². The number of carbonyl (C=O) groups is 1. The number of rotatable bonds is 4. The van der Waals surface area contributed by atoms with Gasteiger partial charge in [0.05, 0.1) is 24.8 Å². The maximum Gasteiger partial charge on any atom is 0.0807 e. The summed E-state index contributed by atoms with van der Waals surface area (Å²) in [6, 6.07) is 0. The Morgan fingerprint density at radius 1 is 1.57 bits per heavy atom. The van der Waals surface area contributed by atoms with Crippen molar-refractivity contribution < 1.29 is 15.6 Å². The summed E-state index contributed by atoms with van der Waals surface area (Å²) in [6.45, 7) is 4.36. The molecular formula is C9H15N3O2. The first-order valence-electron chi connectivity index (χ1n) is 4.58. The van der Waals surface area contributed by atoms with Crippen molar-refractivity contribution in [2.24, 2.45) is 0 Å². The standard InChI is InChI=1S/C9H15N3O2/c1-6-8(3-4-10)7(2)12(11-6)5-9(13)14/h3-5,10H2,1-2H3,(H,13,14). The lowest BCUT2D eigenvalue weighted by atomic mass is 10.1. The van der Waals surface area contributed by atoms with Gasteiger partial charge in [-0.25, -0.2) is 0 Å². The fourth-order valence-electron chi connectivity index (χ4n) is 1.55. The van der Waals surface area contributed by atoms with Crippen LogP contribution in [0.3, 0.4) is 0 Å². The van der Waals surface area contributed by atoms with Crippen LogP contribution in [-0.4, -0.2) is 22.3 Å². The summed E-state index contributed by atoms with van der Waals surface area (Å²) < 4.78 is 1.47. The highest BCUT2D eigenvalue weighted by Crippen LogP contribution is 2.12. The summed E-state index contributed by atoms with van der Waals surface area (Å²) in [6.07, 6.45) is 0.838. The van der Waals surface area contributed by atoms with E-state index in [0.29, 0.717) is 0 Å². The number of carboxylic acids is 1. The minimum atomic E-state index is -1.11. The maximum atomic E-state index is 10.4. The Kier molecular flexibility index (Phi) is 3.24. The van der Waals surface area contributed by atoms with Gasteiger partial charge in [-0.3, -0.25) is 4.68 Å². The van der Waals surface area contributed by atoms with Gasteiger partial charge in [-0.1, -0.05) is 0 Å². The van der Waals surface area contributed by atoms with Crippen LogP contribution in [0.1, 0.15) is 17.0 Å². The molecule has 1 rings (SSSR count). The average molecular weight is 197 g/mol. The van der Waals surface area contributed by atoms with Gasteiger partial charge in [-0.15, -0.1) is 0 Å². The van der Waals surface area contributed by atoms with Crippen molar-refractivity contribution in [2.75, 3.05) is 6.54 Å². The lowest BCUT2D eigenvalue weighted by molar-refractivity contribution is -0.366. The normalized spacial score (nSPS) is 10.5. The lowest BCUT2D eigenvalue weighted by Crippen LogP contribution is -2.51. The number of quaternary nitrogens is 1. The molecule has 5 nitrogen and oxygen atoms in total. The highest BCUT2D eigenvalue weighted by atomic mass is 16.4. The molecule has 3 N–H and O–H groups in total. The Morgan fingerprint density at radius 3 is 2.71 bits per heavy atom. The molecule has 0 aliphatic rings. The molecule has 0 saturated heterocycles. The monoisotopic (exact) mass is 197 g/mol. The van der Waals surface area contributed by atoms with Gasteiger partial charge in [-0.2, -0.15) is 5.10 Å². The molecule has 5 heteroatoms. The van der Waals surface area contributed by atoms with Gasteiger partial charge in [0.1, 0.15) is 0 Å². The Morgan fingerprint density at radius 2 is 2.21 bits per heavy atom. The van der Waals surface area contributed by atoms with Crippen molar-refractivity contribution in [2.45, 2.75) is 26.8 Å². The van der Waals surface area contributed by atoms with Gasteiger partial charge in [0, 0.05) is 17.7 Å². The zero-order chi connectivity index (χ0) is 10.7.